The van der Waals surface area contributed by atoms with Crippen molar-refractivity contribution in [1.82, 2.24) is 4.31 Å². The molecule has 1 aromatic heterocycles. The SMILES string of the molecule is CCOC(=O)c1c(NC(=O)C2CCN(S(=O)(=O)c3ccc(F)cc3)CC2)sc2c1CCC2. The molecule has 0 radical (unpaired) electrons. The number of hydrogen-bond acceptors (Lipinski definition) is 6. The fourth-order valence-corrected chi connectivity index (χ4v) is 6.99. The van der Waals surface area contributed by atoms with Gasteiger partial charge in [-0.3, -0.25) is 4.79 Å². The van der Waals surface area contributed by atoms with Crippen molar-refractivity contribution in [2.24, 2.45) is 5.92 Å². The molecule has 2 aromatic rings. The van der Waals surface area contributed by atoms with Gasteiger partial charge in [-0.1, -0.05) is 0 Å². The lowest BCUT2D eigenvalue weighted by Crippen LogP contribution is -2.41. The number of nitrogens with zero attached hydrogens (tertiary/aromatic N) is 1. The molecular weight excluding hydrogens is 455 g/mol. The third-order valence-corrected chi connectivity index (χ3v) is 9.03. The molecule has 1 aromatic carbocycles. The van der Waals surface area contributed by atoms with E-state index in [9.17, 15) is 22.4 Å². The number of anilines is 1. The van der Waals surface area contributed by atoms with Crippen molar-refractivity contribution in [1.29, 1.82) is 0 Å². The summed E-state index contributed by atoms with van der Waals surface area (Å²) in [4.78, 5) is 26.6. The van der Waals surface area contributed by atoms with Crippen LogP contribution in [0.5, 0.6) is 0 Å². The molecule has 0 saturated carbocycles. The molecule has 1 aliphatic carbocycles. The number of esters is 1. The van der Waals surface area contributed by atoms with Crippen molar-refractivity contribution in [2.45, 2.75) is 43.9 Å². The predicted molar refractivity (Wildman–Crippen MR) is 119 cm³/mol. The van der Waals surface area contributed by atoms with Gasteiger partial charge in [-0.05, 0) is 68.9 Å². The highest BCUT2D eigenvalue weighted by Crippen LogP contribution is 2.40. The van der Waals surface area contributed by atoms with Crippen LogP contribution in [0.2, 0.25) is 0 Å². The summed E-state index contributed by atoms with van der Waals surface area (Å²) in [5.74, 6) is -1.49. The molecule has 0 spiro atoms. The van der Waals surface area contributed by atoms with Crippen molar-refractivity contribution in [3.63, 3.8) is 0 Å². The summed E-state index contributed by atoms with van der Waals surface area (Å²) in [7, 11) is -3.73. The van der Waals surface area contributed by atoms with E-state index in [4.69, 9.17) is 4.74 Å². The number of amides is 1. The van der Waals surface area contributed by atoms with E-state index in [1.54, 1.807) is 6.92 Å². The second-order valence-electron chi connectivity index (χ2n) is 7.90. The number of ether oxygens (including phenoxy) is 1. The van der Waals surface area contributed by atoms with E-state index in [-0.39, 0.29) is 36.4 Å². The molecule has 32 heavy (non-hydrogen) atoms. The largest absolute Gasteiger partial charge is 0.462 e. The van der Waals surface area contributed by atoms with Crippen LogP contribution < -0.4 is 5.32 Å². The number of fused-ring (bicyclic) bond motifs is 1. The summed E-state index contributed by atoms with van der Waals surface area (Å²) < 4.78 is 45.2. The maximum absolute atomic E-state index is 13.1. The number of carbonyl (C=O) groups is 2. The van der Waals surface area contributed by atoms with E-state index in [0.29, 0.717) is 23.4 Å². The highest BCUT2D eigenvalue weighted by Gasteiger charge is 2.34. The number of rotatable bonds is 6. The Morgan fingerprint density at radius 3 is 2.53 bits per heavy atom. The van der Waals surface area contributed by atoms with Gasteiger partial charge in [0.25, 0.3) is 0 Å². The van der Waals surface area contributed by atoms with E-state index < -0.39 is 21.8 Å². The summed E-state index contributed by atoms with van der Waals surface area (Å²) >= 11 is 1.43. The van der Waals surface area contributed by atoms with Gasteiger partial charge in [0.1, 0.15) is 10.8 Å². The molecule has 7 nitrogen and oxygen atoms in total. The van der Waals surface area contributed by atoms with Crippen molar-refractivity contribution < 1.29 is 27.1 Å². The van der Waals surface area contributed by atoms with Crippen LogP contribution in [-0.4, -0.2) is 44.3 Å². The number of piperidine rings is 1. The van der Waals surface area contributed by atoms with Gasteiger partial charge in [0.15, 0.2) is 0 Å². The average molecular weight is 481 g/mol. The second kappa shape index (κ2) is 9.29. The second-order valence-corrected chi connectivity index (χ2v) is 10.9. The first-order valence-electron chi connectivity index (χ1n) is 10.7. The van der Waals surface area contributed by atoms with Gasteiger partial charge in [0.2, 0.25) is 15.9 Å². The van der Waals surface area contributed by atoms with Crippen LogP contribution in [-0.2, 0) is 32.4 Å². The fourth-order valence-electron chi connectivity index (χ4n) is 4.24. The van der Waals surface area contributed by atoms with Crippen LogP contribution in [0.3, 0.4) is 0 Å². The first-order valence-corrected chi connectivity index (χ1v) is 12.9. The van der Waals surface area contributed by atoms with E-state index in [2.05, 4.69) is 5.32 Å². The number of halogens is 1. The zero-order valence-corrected chi connectivity index (χ0v) is 19.4. The quantitative estimate of drug-likeness (QED) is 0.638. The van der Waals surface area contributed by atoms with Gasteiger partial charge in [0.05, 0.1) is 17.1 Å². The highest BCUT2D eigenvalue weighted by molar-refractivity contribution is 7.89. The molecule has 1 saturated heterocycles. The minimum absolute atomic E-state index is 0.0361. The molecule has 0 atom stereocenters. The van der Waals surface area contributed by atoms with Crippen LogP contribution in [0.15, 0.2) is 29.2 Å². The number of sulfonamides is 1. The smallest absolute Gasteiger partial charge is 0.341 e. The monoisotopic (exact) mass is 480 g/mol. The van der Waals surface area contributed by atoms with Crippen LogP contribution in [0.4, 0.5) is 9.39 Å². The van der Waals surface area contributed by atoms with Gasteiger partial charge in [-0.2, -0.15) is 4.31 Å². The van der Waals surface area contributed by atoms with E-state index in [0.717, 1.165) is 41.8 Å². The Balaban J connectivity index is 1.42. The Morgan fingerprint density at radius 1 is 1.19 bits per heavy atom. The molecule has 2 aliphatic rings. The highest BCUT2D eigenvalue weighted by atomic mass is 32.2. The minimum atomic E-state index is -3.73. The lowest BCUT2D eigenvalue weighted by atomic mass is 9.97. The molecule has 4 rings (SSSR count). The maximum atomic E-state index is 13.1. The first kappa shape index (κ1) is 22.9. The Kier molecular flexibility index (Phi) is 6.64. The molecule has 1 aliphatic heterocycles. The van der Waals surface area contributed by atoms with Gasteiger partial charge in [0, 0.05) is 23.9 Å². The van der Waals surface area contributed by atoms with Crippen LogP contribution in [0.25, 0.3) is 0 Å². The third-order valence-electron chi connectivity index (χ3n) is 5.91. The first-order chi connectivity index (χ1) is 15.3. The number of aryl methyl sites for hydroxylation is 1. The fraction of sp³-hybridized carbons (Fsp3) is 0.455. The normalized spacial score (nSPS) is 17.2. The lowest BCUT2D eigenvalue weighted by molar-refractivity contribution is -0.120. The number of thiophene rings is 1. The Hall–Kier alpha value is -2.30. The summed E-state index contributed by atoms with van der Waals surface area (Å²) in [6, 6.07) is 4.73. The number of hydrogen-bond donors (Lipinski definition) is 1. The Morgan fingerprint density at radius 2 is 1.88 bits per heavy atom. The molecule has 2 heterocycles. The number of carbonyl (C=O) groups excluding carboxylic acids is 2. The summed E-state index contributed by atoms with van der Waals surface area (Å²) in [5, 5.41) is 3.44. The van der Waals surface area contributed by atoms with Crippen LogP contribution >= 0.6 is 11.3 Å². The van der Waals surface area contributed by atoms with Crippen LogP contribution in [0.1, 0.15) is 47.0 Å². The molecular formula is C22H25FN2O5S2. The average Bonchev–Trinajstić information content (AvgIpc) is 3.35. The van der Waals surface area contributed by atoms with Gasteiger partial charge < -0.3 is 10.1 Å². The number of nitrogens with one attached hydrogen (secondary N) is 1. The molecule has 0 unspecified atom stereocenters. The van der Waals surface area contributed by atoms with E-state index in [1.165, 1.54) is 27.8 Å². The molecule has 172 valence electrons. The zero-order chi connectivity index (χ0) is 22.9. The van der Waals surface area contributed by atoms with Crippen molar-refractivity contribution >= 4 is 38.2 Å². The molecule has 10 heteroatoms. The molecule has 1 amide bonds. The molecule has 0 bridgehead atoms. The van der Waals surface area contributed by atoms with Crippen molar-refractivity contribution in [2.75, 3.05) is 25.0 Å². The Labute approximate surface area is 190 Å². The summed E-state index contributed by atoms with van der Waals surface area (Å²) in [6.07, 6.45) is 3.42. The summed E-state index contributed by atoms with van der Waals surface area (Å²) in [5.41, 5.74) is 1.44. The van der Waals surface area contributed by atoms with E-state index in [1.807, 2.05) is 0 Å². The minimum Gasteiger partial charge on any atom is -0.462 e. The van der Waals surface area contributed by atoms with Gasteiger partial charge in [-0.25, -0.2) is 17.6 Å². The molecule has 1 fully saturated rings. The maximum Gasteiger partial charge on any atom is 0.341 e. The van der Waals surface area contributed by atoms with Crippen molar-refractivity contribution in [3.8, 4) is 0 Å². The van der Waals surface area contributed by atoms with Gasteiger partial charge >= 0.3 is 5.97 Å². The third kappa shape index (κ3) is 4.44. The topological polar surface area (TPSA) is 92.8 Å². The predicted octanol–water partition coefficient (Wildman–Crippen LogP) is 3.59. The lowest BCUT2D eigenvalue weighted by Gasteiger charge is -2.30. The Bertz CT molecular complexity index is 1120. The zero-order valence-electron chi connectivity index (χ0n) is 17.7. The van der Waals surface area contributed by atoms with E-state index >= 15 is 0 Å². The molecule has 1 N–H and O–H groups in total. The van der Waals surface area contributed by atoms with Crippen LogP contribution in [0, 0.1) is 11.7 Å². The van der Waals surface area contributed by atoms with Crippen molar-refractivity contribution in [3.05, 3.63) is 46.1 Å². The standard InChI is InChI=1S/C22H25FN2O5S2/c1-2-30-22(27)19-17-4-3-5-18(17)31-21(19)24-20(26)14-10-12-25(13-11-14)32(28,29)16-8-6-15(23)7-9-16/h6-9,14H,2-5,10-13H2,1H3,(H,24,26). The van der Waals surface area contributed by atoms with Gasteiger partial charge in [-0.15, -0.1) is 11.3 Å². The number of benzene rings is 1. The summed E-state index contributed by atoms with van der Waals surface area (Å²) in [6.45, 7) is 2.40.